The van der Waals surface area contributed by atoms with Crippen LogP contribution in [0.1, 0.15) is 11.1 Å². The molecule has 0 aliphatic carbocycles. The zero-order valence-electron chi connectivity index (χ0n) is 17.6. The molecule has 1 fully saturated rings. The summed E-state index contributed by atoms with van der Waals surface area (Å²) in [6, 6.07) is 19.8. The van der Waals surface area contributed by atoms with Gasteiger partial charge in [-0.2, -0.15) is 0 Å². The highest BCUT2D eigenvalue weighted by atomic mass is 35.5. The fraction of sp³-hybridized carbons (Fsp3) is 0.0800. The number of benzene rings is 3. The van der Waals surface area contributed by atoms with Crippen molar-refractivity contribution in [3.8, 4) is 11.5 Å². The number of anilines is 1. The highest BCUT2D eigenvalue weighted by Crippen LogP contribution is 2.26. The normalized spacial score (nSPS) is 14.9. The standard InChI is InChI=1S/C25H19ClN2O5/c1-32-22-5-3-2-4-17(22)14-21-23(29)27-25(31)28(24(21)30)19-10-12-20(13-11-19)33-15-16-6-8-18(26)9-7-16/h2-14H,15H2,1H3,(H,27,29,31). The van der Waals surface area contributed by atoms with Crippen LogP contribution in [-0.2, 0) is 16.2 Å². The van der Waals surface area contributed by atoms with E-state index in [1.165, 1.54) is 13.2 Å². The molecule has 33 heavy (non-hydrogen) atoms. The molecule has 3 aromatic carbocycles. The number of para-hydroxylation sites is 1. The van der Waals surface area contributed by atoms with E-state index in [-0.39, 0.29) is 5.57 Å². The van der Waals surface area contributed by atoms with Gasteiger partial charge in [0.2, 0.25) is 0 Å². The second-order valence-electron chi connectivity index (χ2n) is 7.11. The van der Waals surface area contributed by atoms with Crippen molar-refractivity contribution in [3.63, 3.8) is 0 Å². The number of imide groups is 2. The molecule has 0 unspecified atom stereocenters. The number of hydrogen-bond acceptors (Lipinski definition) is 5. The Kier molecular flexibility index (Phi) is 6.42. The summed E-state index contributed by atoms with van der Waals surface area (Å²) in [5.41, 5.74) is 1.61. The molecule has 1 aliphatic rings. The molecule has 0 atom stereocenters. The summed E-state index contributed by atoms with van der Waals surface area (Å²) in [4.78, 5) is 38.8. The minimum Gasteiger partial charge on any atom is -0.496 e. The Bertz CT molecular complexity index is 1240. The van der Waals surface area contributed by atoms with Gasteiger partial charge in [-0.25, -0.2) is 9.69 Å². The van der Waals surface area contributed by atoms with Crippen molar-refractivity contribution in [1.29, 1.82) is 0 Å². The quantitative estimate of drug-likeness (QED) is 0.427. The minimum absolute atomic E-state index is 0.179. The number of rotatable bonds is 6. The van der Waals surface area contributed by atoms with Crippen molar-refractivity contribution in [2.24, 2.45) is 0 Å². The molecule has 3 aromatic rings. The third kappa shape index (κ3) is 4.88. The predicted molar refractivity (Wildman–Crippen MR) is 124 cm³/mol. The molecule has 0 spiro atoms. The first kappa shape index (κ1) is 22.1. The molecule has 4 amide bonds. The zero-order chi connectivity index (χ0) is 23.4. The van der Waals surface area contributed by atoms with Gasteiger partial charge in [-0.15, -0.1) is 0 Å². The van der Waals surface area contributed by atoms with Crippen LogP contribution in [0, 0.1) is 0 Å². The van der Waals surface area contributed by atoms with E-state index < -0.39 is 17.8 Å². The van der Waals surface area contributed by atoms with Crippen LogP contribution < -0.4 is 19.7 Å². The van der Waals surface area contributed by atoms with E-state index in [4.69, 9.17) is 21.1 Å². The van der Waals surface area contributed by atoms with E-state index in [0.29, 0.717) is 34.4 Å². The van der Waals surface area contributed by atoms with E-state index in [0.717, 1.165) is 10.5 Å². The van der Waals surface area contributed by atoms with Crippen molar-refractivity contribution in [1.82, 2.24) is 5.32 Å². The summed E-state index contributed by atoms with van der Waals surface area (Å²) in [7, 11) is 1.49. The first-order valence-corrected chi connectivity index (χ1v) is 10.4. The molecule has 1 heterocycles. The van der Waals surface area contributed by atoms with Crippen molar-refractivity contribution < 1.29 is 23.9 Å². The second-order valence-corrected chi connectivity index (χ2v) is 7.55. The summed E-state index contributed by atoms with van der Waals surface area (Å²) in [6.45, 7) is 0.333. The summed E-state index contributed by atoms with van der Waals surface area (Å²) >= 11 is 5.89. The lowest BCUT2D eigenvalue weighted by Crippen LogP contribution is -2.54. The van der Waals surface area contributed by atoms with Gasteiger partial charge < -0.3 is 9.47 Å². The molecule has 1 aliphatic heterocycles. The number of barbiturate groups is 1. The topological polar surface area (TPSA) is 84.9 Å². The van der Waals surface area contributed by atoms with Crippen molar-refractivity contribution >= 4 is 41.2 Å². The number of amides is 4. The smallest absolute Gasteiger partial charge is 0.335 e. The third-order valence-electron chi connectivity index (χ3n) is 4.95. The third-order valence-corrected chi connectivity index (χ3v) is 5.21. The number of hydrogen-bond donors (Lipinski definition) is 1. The lowest BCUT2D eigenvalue weighted by Gasteiger charge is -2.26. The van der Waals surface area contributed by atoms with Crippen LogP contribution in [0.4, 0.5) is 10.5 Å². The van der Waals surface area contributed by atoms with Gasteiger partial charge in [0.25, 0.3) is 11.8 Å². The van der Waals surface area contributed by atoms with E-state index in [9.17, 15) is 14.4 Å². The van der Waals surface area contributed by atoms with Crippen LogP contribution in [-0.4, -0.2) is 25.0 Å². The molecule has 0 aromatic heterocycles. The molecule has 0 radical (unpaired) electrons. The van der Waals surface area contributed by atoms with Gasteiger partial charge in [-0.1, -0.05) is 41.9 Å². The van der Waals surface area contributed by atoms with E-state index in [1.807, 2.05) is 12.1 Å². The fourth-order valence-electron chi connectivity index (χ4n) is 3.27. The maximum absolute atomic E-state index is 13.1. The SMILES string of the molecule is COc1ccccc1C=C1C(=O)NC(=O)N(c2ccc(OCc3ccc(Cl)cc3)cc2)C1=O. The number of carbonyl (C=O) groups excluding carboxylic acids is 3. The second kappa shape index (κ2) is 9.58. The summed E-state index contributed by atoms with van der Waals surface area (Å²) in [5.74, 6) is -0.449. The number of carbonyl (C=O) groups is 3. The van der Waals surface area contributed by atoms with Crippen molar-refractivity contribution in [2.75, 3.05) is 12.0 Å². The molecule has 4 rings (SSSR count). The van der Waals surface area contributed by atoms with E-state index in [2.05, 4.69) is 5.32 Å². The number of methoxy groups -OCH3 is 1. The Morgan fingerprint density at radius 2 is 1.64 bits per heavy atom. The number of ether oxygens (including phenoxy) is 2. The lowest BCUT2D eigenvalue weighted by molar-refractivity contribution is -0.122. The van der Waals surface area contributed by atoms with Gasteiger partial charge in [0.1, 0.15) is 23.7 Å². The Morgan fingerprint density at radius 3 is 2.33 bits per heavy atom. The lowest BCUT2D eigenvalue weighted by atomic mass is 10.1. The summed E-state index contributed by atoms with van der Waals surface area (Å²) in [5, 5.41) is 2.85. The average molecular weight is 463 g/mol. The summed E-state index contributed by atoms with van der Waals surface area (Å²) in [6.07, 6.45) is 1.40. The highest BCUT2D eigenvalue weighted by Gasteiger charge is 2.37. The number of nitrogens with one attached hydrogen (secondary N) is 1. The van der Waals surface area contributed by atoms with Gasteiger partial charge in [0.05, 0.1) is 12.8 Å². The van der Waals surface area contributed by atoms with Gasteiger partial charge in [0.15, 0.2) is 0 Å². The molecule has 1 saturated heterocycles. The first-order chi connectivity index (χ1) is 16.0. The monoisotopic (exact) mass is 462 g/mol. The largest absolute Gasteiger partial charge is 0.496 e. The van der Waals surface area contributed by atoms with Crippen molar-refractivity contribution in [3.05, 3.63) is 94.5 Å². The predicted octanol–water partition coefficient (Wildman–Crippen LogP) is 4.59. The average Bonchev–Trinajstić information content (AvgIpc) is 2.82. The first-order valence-electron chi connectivity index (χ1n) is 9.98. The van der Waals surface area contributed by atoms with Crippen LogP contribution in [0.3, 0.4) is 0 Å². The molecular weight excluding hydrogens is 444 g/mol. The van der Waals surface area contributed by atoms with Crippen LogP contribution >= 0.6 is 11.6 Å². The van der Waals surface area contributed by atoms with Crippen LogP contribution in [0.2, 0.25) is 5.02 Å². The van der Waals surface area contributed by atoms with Gasteiger partial charge in [-0.3, -0.25) is 14.9 Å². The van der Waals surface area contributed by atoms with Crippen molar-refractivity contribution in [2.45, 2.75) is 6.61 Å². The Morgan fingerprint density at radius 1 is 0.939 bits per heavy atom. The van der Waals surface area contributed by atoms with Crippen LogP contribution in [0.15, 0.2) is 78.4 Å². The maximum atomic E-state index is 13.1. The molecular formula is C25H19ClN2O5. The molecule has 8 heteroatoms. The molecule has 7 nitrogen and oxygen atoms in total. The Hall–Kier alpha value is -4.10. The number of nitrogens with zero attached hydrogens (tertiary/aromatic N) is 1. The highest BCUT2D eigenvalue weighted by molar-refractivity contribution is 6.39. The fourth-order valence-corrected chi connectivity index (χ4v) is 3.40. The minimum atomic E-state index is -0.822. The maximum Gasteiger partial charge on any atom is 0.335 e. The molecule has 166 valence electrons. The summed E-state index contributed by atoms with van der Waals surface area (Å²) < 4.78 is 11.0. The number of urea groups is 1. The Labute approximate surface area is 195 Å². The zero-order valence-corrected chi connectivity index (χ0v) is 18.3. The van der Waals surface area contributed by atoms with Gasteiger partial charge in [-0.05, 0) is 54.1 Å². The number of halogens is 1. The molecule has 0 saturated carbocycles. The Balaban J connectivity index is 1.54. The van der Waals surface area contributed by atoms with Gasteiger partial charge in [0, 0.05) is 10.6 Å². The molecule has 1 N–H and O–H groups in total. The van der Waals surface area contributed by atoms with E-state index >= 15 is 0 Å². The van der Waals surface area contributed by atoms with Gasteiger partial charge >= 0.3 is 6.03 Å². The van der Waals surface area contributed by atoms with Crippen LogP contribution in [0.5, 0.6) is 11.5 Å². The van der Waals surface area contributed by atoms with E-state index in [1.54, 1.807) is 60.7 Å². The van der Waals surface area contributed by atoms with Crippen LogP contribution in [0.25, 0.3) is 6.08 Å². The molecule has 0 bridgehead atoms.